The fraction of sp³-hybridized carbons (Fsp3) is 0.250. The molecule has 0 heterocycles. The minimum absolute atomic E-state index is 0.100. The van der Waals surface area contributed by atoms with E-state index in [2.05, 4.69) is 5.32 Å². The first-order chi connectivity index (χ1) is 12.9. The van der Waals surface area contributed by atoms with Gasteiger partial charge in [-0.05, 0) is 24.1 Å². The summed E-state index contributed by atoms with van der Waals surface area (Å²) in [5.74, 6) is -1.92. The second-order valence-corrected chi connectivity index (χ2v) is 5.77. The Morgan fingerprint density at radius 3 is 2.37 bits per heavy atom. The van der Waals surface area contributed by atoms with E-state index in [4.69, 9.17) is 9.47 Å². The highest BCUT2D eigenvalue weighted by atomic mass is 19.1. The van der Waals surface area contributed by atoms with Crippen LogP contribution in [0.25, 0.3) is 0 Å². The molecule has 0 bridgehead atoms. The number of halogens is 1. The van der Waals surface area contributed by atoms with Crippen molar-refractivity contribution in [2.24, 2.45) is 0 Å². The minimum atomic E-state index is -0.921. The van der Waals surface area contributed by atoms with Crippen molar-refractivity contribution >= 4 is 17.7 Å². The van der Waals surface area contributed by atoms with E-state index in [0.29, 0.717) is 18.5 Å². The van der Waals surface area contributed by atoms with E-state index >= 15 is 0 Å². The summed E-state index contributed by atoms with van der Waals surface area (Å²) in [4.78, 5) is 34.9. The third kappa shape index (κ3) is 5.91. The van der Waals surface area contributed by atoms with Crippen LogP contribution in [-0.2, 0) is 16.0 Å². The molecule has 0 aliphatic heterocycles. The SMILES string of the molecule is COc1ccc(C(=O)OCC(=O)c2ccc(CCNC(C)=O)cc2)c(F)c1. The van der Waals surface area contributed by atoms with Crippen LogP contribution in [0.1, 0.15) is 33.2 Å². The molecule has 0 spiro atoms. The Kier molecular flexibility index (Phi) is 7.05. The van der Waals surface area contributed by atoms with Crippen LogP contribution < -0.4 is 10.1 Å². The van der Waals surface area contributed by atoms with Crippen molar-refractivity contribution in [1.82, 2.24) is 5.32 Å². The maximum absolute atomic E-state index is 13.8. The lowest BCUT2D eigenvalue weighted by Crippen LogP contribution is -2.22. The van der Waals surface area contributed by atoms with Gasteiger partial charge in [-0.3, -0.25) is 9.59 Å². The highest BCUT2D eigenvalue weighted by molar-refractivity contribution is 5.99. The van der Waals surface area contributed by atoms with Gasteiger partial charge in [0.2, 0.25) is 5.91 Å². The molecule has 0 unspecified atom stereocenters. The molecule has 0 saturated heterocycles. The zero-order chi connectivity index (χ0) is 19.8. The van der Waals surface area contributed by atoms with E-state index in [-0.39, 0.29) is 17.2 Å². The number of ether oxygens (including phenoxy) is 2. The first-order valence-electron chi connectivity index (χ1n) is 8.28. The number of Topliss-reactive ketones (excluding diaryl/α,β-unsaturated/α-hetero) is 1. The Bertz CT molecular complexity index is 833. The molecule has 1 N–H and O–H groups in total. The van der Waals surface area contributed by atoms with Crippen LogP contribution in [-0.4, -0.2) is 37.9 Å². The van der Waals surface area contributed by atoms with Gasteiger partial charge >= 0.3 is 5.97 Å². The highest BCUT2D eigenvalue weighted by Gasteiger charge is 2.16. The van der Waals surface area contributed by atoms with Gasteiger partial charge in [0, 0.05) is 25.1 Å². The number of hydrogen-bond donors (Lipinski definition) is 1. The molecule has 0 radical (unpaired) electrons. The zero-order valence-electron chi connectivity index (χ0n) is 15.1. The molecular formula is C20H20FNO5. The third-order valence-corrected chi connectivity index (χ3v) is 3.79. The predicted molar refractivity (Wildman–Crippen MR) is 96.4 cm³/mol. The number of carbonyl (C=O) groups excluding carboxylic acids is 3. The molecule has 2 aromatic rings. The van der Waals surface area contributed by atoms with E-state index in [0.717, 1.165) is 11.6 Å². The standard InChI is InChI=1S/C20H20FNO5/c1-13(23)22-10-9-14-3-5-15(6-4-14)19(24)12-27-20(25)17-8-7-16(26-2)11-18(17)21/h3-8,11H,9-10,12H2,1-2H3,(H,22,23). The lowest BCUT2D eigenvalue weighted by atomic mass is 10.1. The summed E-state index contributed by atoms with van der Waals surface area (Å²) < 4.78 is 23.6. The number of ketones is 1. The number of methoxy groups -OCH3 is 1. The molecule has 0 aliphatic rings. The van der Waals surface area contributed by atoms with E-state index < -0.39 is 24.2 Å². The Labute approximate surface area is 156 Å². The van der Waals surface area contributed by atoms with Crippen LogP contribution in [0.3, 0.4) is 0 Å². The maximum atomic E-state index is 13.8. The summed E-state index contributed by atoms with van der Waals surface area (Å²) in [6.07, 6.45) is 0.639. The number of carbonyl (C=O) groups is 3. The smallest absolute Gasteiger partial charge is 0.341 e. The van der Waals surface area contributed by atoms with Gasteiger partial charge in [0.1, 0.15) is 11.6 Å². The summed E-state index contributed by atoms with van der Waals surface area (Å²) in [5, 5.41) is 2.69. The van der Waals surface area contributed by atoms with Crippen LogP contribution in [0.15, 0.2) is 42.5 Å². The number of hydrogen-bond acceptors (Lipinski definition) is 5. The zero-order valence-corrected chi connectivity index (χ0v) is 15.1. The quantitative estimate of drug-likeness (QED) is 0.568. The van der Waals surface area contributed by atoms with Crippen molar-refractivity contribution in [2.45, 2.75) is 13.3 Å². The second-order valence-electron chi connectivity index (χ2n) is 5.77. The van der Waals surface area contributed by atoms with Gasteiger partial charge in [0.05, 0.1) is 12.7 Å². The van der Waals surface area contributed by atoms with Crippen LogP contribution in [0.4, 0.5) is 4.39 Å². The second kappa shape index (κ2) is 9.47. The first-order valence-corrected chi connectivity index (χ1v) is 8.28. The fourth-order valence-electron chi connectivity index (χ4n) is 2.32. The van der Waals surface area contributed by atoms with Crippen LogP contribution in [0, 0.1) is 5.82 Å². The normalized spacial score (nSPS) is 10.2. The average molecular weight is 373 g/mol. The monoisotopic (exact) mass is 373 g/mol. The van der Waals surface area contributed by atoms with Gasteiger partial charge in [-0.25, -0.2) is 9.18 Å². The average Bonchev–Trinajstić information content (AvgIpc) is 2.66. The molecule has 6 nitrogen and oxygen atoms in total. The summed E-state index contributed by atoms with van der Waals surface area (Å²) >= 11 is 0. The molecule has 142 valence electrons. The molecule has 0 saturated carbocycles. The van der Waals surface area contributed by atoms with Crippen molar-refractivity contribution in [3.63, 3.8) is 0 Å². The molecule has 0 aliphatic carbocycles. The maximum Gasteiger partial charge on any atom is 0.341 e. The van der Waals surface area contributed by atoms with Gasteiger partial charge in [-0.15, -0.1) is 0 Å². The van der Waals surface area contributed by atoms with Gasteiger partial charge in [-0.2, -0.15) is 0 Å². The lowest BCUT2D eigenvalue weighted by Gasteiger charge is -2.07. The van der Waals surface area contributed by atoms with Crippen molar-refractivity contribution < 1.29 is 28.2 Å². The molecular weight excluding hydrogens is 353 g/mol. The Morgan fingerprint density at radius 2 is 1.78 bits per heavy atom. The summed E-state index contributed by atoms with van der Waals surface area (Å²) in [5.41, 5.74) is 1.07. The van der Waals surface area contributed by atoms with Gasteiger partial charge in [0.25, 0.3) is 0 Å². The summed E-state index contributed by atoms with van der Waals surface area (Å²) in [7, 11) is 1.39. The predicted octanol–water partition coefficient (Wildman–Crippen LogP) is 2.55. The van der Waals surface area contributed by atoms with Gasteiger partial charge < -0.3 is 14.8 Å². The van der Waals surface area contributed by atoms with Crippen molar-refractivity contribution in [3.05, 3.63) is 65.0 Å². The number of rotatable bonds is 8. The Hall–Kier alpha value is -3.22. The summed E-state index contributed by atoms with van der Waals surface area (Å²) in [6.45, 7) is 1.46. The molecule has 2 aromatic carbocycles. The van der Waals surface area contributed by atoms with Gasteiger partial charge in [-0.1, -0.05) is 24.3 Å². The number of nitrogens with one attached hydrogen (secondary N) is 1. The molecule has 7 heteroatoms. The van der Waals surface area contributed by atoms with E-state index in [1.54, 1.807) is 24.3 Å². The number of benzene rings is 2. The van der Waals surface area contributed by atoms with E-state index in [1.165, 1.54) is 26.2 Å². The molecule has 0 fully saturated rings. The number of esters is 1. The topological polar surface area (TPSA) is 81.7 Å². The Balaban J connectivity index is 1.89. The fourth-order valence-corrected chi connectivity index (χ4v) is 2.32. The van der Waals surface area contributed by atoms with E-state index in [9.17, 15) is 18.8 Å². The largest absolute Gasteiger partial charge is 0.497 e. The molecule has 0 atom stereocenters. The summed E-state index contributed by atoms with van der Waals surface area (Å²) in [6, 6.07) is 10.5. The van der Waals surface area contributed by atoms with Crippen molar-refractivity contribution in [3.8, 4) is 5.75 Å². The van der Waals surface area contributed by atoms with E-state index in [1.807, 2.05) is 0 Å². The molecule has 0 aromatic heterocycles. The third-order valence-electron chi connectivity index (χ3n) is 3.79. The Morgan fingerprint density at radius 1 is 1.07 bits per heavy atom. The molecule has 2 rings (SSSR count). The van der Waals surface area contributed by atoms with Crippen LogP contribution in [0.2, 0.25) is 0 Å². The first kappa shape index (κ1) is 20.1. The number of amides is 1. The van der Waals surface area contributed by atoms with Crippen LogP contribution in [0.5, 0.6) is 5.75 Å². The molecule has 1 amide bonds. The van der Waals surface area contributed by atoms with Gasteiger partial charge in [0.15, 0.2) is 12.4 Å². The van der Waals surface area contributed by atoms with Crippen molar-refractivity contribution in [1.29, 1.82) is 0 Å². The highest BCUT2D eigenvalue weighted by Crippen LogP contribution is 2.17. The lowest BCUT2D eigenvalue weighted by molar-refractivity contribution is -0.118. The van der Waals surface area contributed by atoms with Crippen molar-refractivity contribution in [2.75, 3.05) is 20.3 Å². The minimum Gasteiger partial charge on any atom is -0.497 e. The molecule has 27 heavy (non-hydrogen) atoms. The van der Waals surface area contributed by atoms with Crippen LogP contribution >= 0.6 is 0 Å².